The minimum Gasteiger partial charge on any atom is -0.309 e. The molecule has 0 amide bonds. The monoisotopic (exact) mass is 597 g/mol. The van der Waals surface area contributed by atoms with E-state index in [0.717, 1.165) is 6.42 Å². The summed E-state index contributed by atoms with van der Waals surface area (Å²) in [6.07, 6.45) is 1.05. The molecule has 10 aromatic rings. The van der Waals surface area contributed by atoms with Gasteiger partial charge in [0.15, 0.2) is 0 Å². The summed E-state index contributed by atoms with van der Waals surface area (Å²) in [5.41, 5.74) is 10.1. The summed E-state index contributed by atoms with van der Waals surface area (Å²) in [7, 11) is 0. The zero-order valence-electron chi connectivity index (χ0n) is 26.2. The molecule has 1 nitrogen and oxygen atoms in total. The van der Waals surface area contributed by atoms with Gasteiger partial charge in [-0.3, -0.25) is 0 Å². The lowest BCUT2D eigenvalue weighted by Crippen LogP contribution is -1.95. The van der Waals surface area contributed by atoms with E-state index in [0.29, 0.717) is 0 Å². The third-order valence-electron chi connectivity index (χ3n) is 10.3. The first-order valence-electron chi connectivity index (χ1n) is 16.6. The second kappa shape index (κ2) is 10.0. The van der Waals surface area contributed by atoms with Crippen LogP contribution in [0.15, 0.2) is 158 Å². The van der Waals surface area contributed by atoms with E-state index in [1.54, 1.807) is 0 Å². The maximum atomic E-state index is 2.44. The summed E-state index contributed by atoms with van der Waals surface area (Å²) in [6.45, 7) is 2.21. The Kier molecular flexibility index (Phi) is 5.62. The lowest BCUT2D eigenvalue weighted by atomic mass is 9.87. The lowest BCUT2D eigenvalue weighted by Gasteiger charge is -2.17. The summed E-state index contributed by atoms with van der Waals surface area (Å²) in [6, 6.07) is 58.7. The van der Waals surface area contributed by atoms with E-state index >= 15 is 0 Å². The fourth-order valence-corrected chi connectivity index (χ4v) is 8.01. The summed E-state index contributed by atoms with van der Waals surface area (Å²) in [5.74, 6) is 0. The highest BCUT2D eigenvalue weighted by Gasteiger charge is 2.17. The number of benzene rings is 9. The smallest absolute Gasteiger partial charge is 0.0619 e. The summed E-state index contributed by atoms with van der Waals surface area (Å²) >= 11 is 0. The van der Waals surface area contributed by atoms with E-state index in [9.17, 15) is 0 Å². The molecule has 0 radical (unpaired) electrons. The van der Waals surface area contributed by atoms with Gasteiger partial charge in [-0.05, 0) is 90.1 Å². The first-order chi connectivity index (χ1) is 23.3. The predicted octanol–water partition coefficient (Wildman–Crippen LogP) is 12.7. The molecule has 0 aliphatic carbocycles. The molecule has 1 heterocycles. The zero-order valence-corrected chi connectivity index (χ0v) is 26.2. The molecule has 0 unspecified atom stereocenters. The Balaban J connectivity index is 1.16. The average Bonchev–Trinajstić information content (AvgIpc) is 3.49. The van der Waals surface area contributed by atoms with Crippen molar-refractivity contribution in [1.29, 1.82) is 0 Å². The van der Waals surface area contributed by atoms with E-state index < -0.39 is 0 Å². The maximum absolute atomic E-state index is 2.44. The van der Waals surface area contributed by atoms with Crippen LogP contribution in [0.1, 0.15) is 12.5 Å². The van der Waals surface area contributed by atoms with E-state index in [4.69, 9.17) is 0 Å². The van der Waals surface area contributed by atoms with Crippen LogP contribution in [0, 0.1) is 0 Å². The number of hydrogen-bond acceptors (Lipinski definition) is 0. The number of aryl methyl sites for hydroxylation is 1. The minimum absolute atomic E-state index is 1.05. The highest BCUT2D eigenvalue weighted by molar-refractivity contribution is 6.27. The quantitative estimate of drug-likeness (QED) is 0.178. The molecule has 220 valence electrons. The normalized spacial score (nSPS) is 12.0. The summed E-state index contributed by atoms with van der Waals surface area (Å²) in [4.78, 5) is 0. The molecule has 0 fully saturated rings. The van der Waals surface area contributed by atoms with Gasteiger partial charge in [0.2, 0.25) is 0 Å². The van der Waals surface area contributed by atoms with Crippen LogP contribution in [-0.4, -0.2) is 4.57 Å². The second-order valence-electron chi connectivity index (χ2n) is 12.8. The topological polar surface area (TPSA) is 4.93 Å². The summed E-state index contributed by atoms with van der Waals surface area (Å²) < 4.78 is 2.44. The van der Waals surface area contributed by atoms with Gasteiger partial charge in [-0.15, -0.1) is 0 Å². The molecule has 0 saturated carbocycles. The first kappa shape index (κ1) is 26.3. The van der Waals surface area contributed by atoms with Gasteiger partial charge >= 0.3 is 0 Å². The highest BCUT2D eigenvalue weighted by Crippen LogP contribution is 2.43. The summed E-state index contributed by atoms with van der Waals surface area (Å²) in [5, 5.41) is 13.0. The van der Waals surface area contributed by atoms with Crippen molar-refractivity contribution in [2.45, 2.75) is 13.3 Å². The molecule has 0 N–H and O–H groups in total. The van der Waals surface area contributed by atoms with Gasteiger partial charge < -0.3 is 4.57 Å². The Morgan fingerprint density at radius 2 is 0.936 bits per heavy atom. The molecular weight excluding hydrogens is 567 g/mol. The third kappa shape index (κ3) is 3.84. The van der Waals surface area contributed by atoms with Crippen LogP contribution in [-0.2, 0) is 6.42 Å². The van der Waals surface area contributed by atoms with Gasteiger partial charge in [-0.25, -0.2) is 0 Å². The number of aromatic nitrogens is 1. The number of hydrogen-bond donors (Lipinski definition) is 0. The Hall–Kier alpha value is -5.92. The number of rotatable bonds is 4. The van der Waals surface area contributed by atoms with Crippen molar-refractivity contribution >= 4 is 64.9 Å². The zero-order chi connectivity index (χ0) is 31.1. The van der Waals surface area contributed by atoms with Crippen molar-refractivity contribution in [2.75, 3.05) is 0 Å². The molecule has 1 aromatic heterocycles. The molecule has 0 atom stereocenters. The number of fused-ring (bicyclic) bond motifs is 5. The van der Waals surface area contributed by atoms with Crippen LogP contribution in [0.2, 0.25) is 0 Å². The second-order valence-corrected chi connectivity index (χ2v) is 12.8. The van der Waals surface area contributed by atoms with Crippen molar-refractivity contribution < 1.29 is 0 Å². The van der Waals surface area contributed by atoms with Crippen molar-refractivity contribution in [3.63, 3.8) is 0 Å². The Bertz CT molecular complexity index is 2800. The van der Waals surface area contributed by atoms with Crippen molar-refractivity contribution in [2.24, 2.45) is 0 Å². The van der Waals surface area contributed by atoms with E-state index in [1.807, 2.05) is 0 Å². The highest BCUT2D eigenvalue weighted by atomic mass is 15.0. The molecule has 1 heteroatoms. The van der Waals surface area contributed by atoms with Crippen LogP contribution in [0.25, 0.3) is 92.8 Å². The third-order valence-corrected chi connectivity index (χ3v) is 10.3. The van der Waals surface area contributed by atoms with Crippen molar-refractivity contribution in [1.82, 2.24) is 4.57 Å². The largest absolute Gasteiger partial charge is 0.309 e. The Morgan fingerprint density at radius 1 is 0.404 bits per heavy atom. The van der Waals surface area contributed by atoms with Crippen molar-refractivity contribution in [3.8, 4) is 27.9 Å². The van der Waals surface area contributed by atoms with Crippen LogP contribution < -0.4 is 0 Å². The predicted molar refractivity (Wildman–Crippen MR) is 202 cm³/mol. The molecule has 0 aliphatic rings. The van der Waals surface area contributed by atoms with Gasteiger partial charge in [0.1, 0.15) is 0 Å². The van der Waals surface area contributed by atoms with E-state index in [2.05, 4.69) is 169 Å². The van der Waals surface area contributed by atoms with Crippen LogP contribution in [0.5, 0.6) is 0 Å². The molecule has 0 spiro atoms. The standard InChI is InChI=1S/C46H31N/c1-2-29-11-13-31(14-12-29)36-24-18-33-21-27-41-37(25-19-34-20-26-40(36)44(33)45(34)41)32-15-22-35(23-16-32)47-43-10-6-5-9-39(43)42-28-17-30-7-3-4-8-38(30)46(42)47/h3-28H,2H2,1H3. The average molecular weight is 598 g/mol. The number of para-hydroxylation sites is 1. The van der Waals surface area contributed by atoms with Gasteiger partial charge in [0.05, 0.1) is 11.0 Å². The molecule has 0 bridgehead atoms. The van der Waals surface area contributed by atoms with Gasteiger partial charge in [0.25, 0.3) is 0 Å². The minimum atomic E-state index is 1.05. The molecule has 10 rings (SSSR count). The fraction of sp³-hybridized carbons (Fsp3) is 0.0435. The van der Waals surface area contributed by atoms with E-state index in [-0.39, 0.29) is 0 Å². The molecule has 47 heavy (non-hydrogen) atoms. The Morgan fingerprint density at radius 3 is 1.60 bits per heavy atom. The molecule has 0 saturated heterocycles. The first-order valence-corrected chi connectivity index (χ1v) is 16.6. The molecule has 0 aliphatic heterocycles. The molecular formula is C46H31N. The van der Waals surface area contributed by atoms with E-state index in [1.165, 1.54) is 98.4 Å². The van der Waals surface area contributed by atoms with Crippen molar-refractivity contribution in [3.05, 3.63) is 163 Å². The van der Waals surface area contributed by atoms with Crippen LogP contribution >= 0.6 is 0 Å². The SMILES string of the molecule is CCc1ccc(-c2ccc3ccc4c(-c5ccc(-n6c7ccccc7c7ccc8ccccc8c76)cc5)ccc5ccc2c3c54)cc1. The lowest BCUT2D eigenvalue weighted by molar-refractivity contribution is 1.14. The van der Waals surface area contributed by atoms with Crippen LogP contribution in [0.3, 0.4) is 0 Å². The van der Waals surface area contributed by atoms with Gasteiger partial charge in [-0.1, -0.05) is 146 Å². The Labute approximate surface area is 273 Å². The number of nitrogens with zero attached hydrogens (tertiary/aromatic N) is 1. The fourth-order valence-electron chi connectivity index (χ4n) is 8.01. The maximum Gasteiger partial charge on any atom is 0.0619 e. The van der Waals surface area contributed by atoms with Crippen LogP contribution in [0.4, 0.5) is 0 Å². The molecule has 9 aromatic carbocycles. The van der Waals surface area contributed by atoms with Gasteiger partial charge in [-0.2, -0.15) is 0 Å². The van der Waals surface area contributed by atoms with Gasteiger partial charge in [0, 0.05) is 21.8 Å².